The molecule has 0 spiro atoms. The summed E-state index contributed by atoms with van der Waals surface area (Å²) in [7, 11) is 0. The van der Waals surface area contributed by atoms with Crippen molar-refractivity contribution in [2.24, 2.45) is 0 Å². The molecule has 3 heterocycles. The molecule has 2 aliphatic rings. The van der Waals surface area contributed by atoms with Crippen molar-refractivity contribution in [3.8, 4) is 0 Å². The third kappa shape index (κ3) is 4.48. The minimum atomic E-state index is -0.459. The lowest BCUT2D eigenvalue weighted by Gasteiger charge is -2.36. The van der Waals surface area contributed by atoms with Crippen LogP contribution in [0.5, 0.6) is 0 Å². The van der Waals surface area contributed by atoms with Crippen LogP contribution in [0, 0.1) is 0 Å². The first kappa shape index (κ1) is 18.1. The van der Waals surface area contributed by atoms with Gasteiger partial charge in [-0.05, 0) is 25.0 Å². The molecule has 25 heavy (non-hydrogen) atoms. The number of rotatable bonds is 4. The van der Waals surface area contributed by atoms with E-state index in [1.54, 1.807) is 11.1 Å². The molecular weight excluding hydrogens is 322 g/mol. The maximum Gasteiger partial charge on any atom is 0.255 e. The van der Waals surface area contributed by atoms with Gasteiger partial charge in [0, 0.05) is 32.4 Å². The summed E-state index contributed by atoms with van der Waals surface area (Å²) in [4.78, 5) is 21.1. The number of hydrogen-bond donors (Lipinski definition) is 2. The highest BCUT2D eigenvalue weighted by Gasteiger charge is 2.30. The highest BCUT2D eigenvalue weighted by atomic mass is 16.5. The van der Waals surface area contributed by atoms with Crippen LogP contribution in [0.1, 0.15) is 36.0 Å². The standard InChI is InChI=1S/C18H27N3O4/c22-12-15-10-21(11-16(13-23)25-15)18(24)14-5-6-17(19-9-14)20-7-3-1-2-4-8-20/h5-6,9,15-16,22-23H,1-4,7-8,10-13H2/t15-,16+. The molecule has 138 valence electrons. The fourth-order valence-electron chi connectivity index (χ4n) is 3.47. The number of morpholine rings is 1. The number of hydrogen-bond acceptors (Lipinski definition) is 6. The van der Waals surface area contributed by atoms with E-state index in [0.717, 1.165) is 18.9 Å². The smallest absolute Gasteiger partial charge is 0.255 e. The summed E-state index contributed by atoms with van der Waals surface area (Å²) in [6, 6.07) is 3.72. The molecule has 0 radical (unpaired) electrons. The van der Waals surface area contributed by atoms with Gasteiger partial charge in [0.15, 0.2) is 0 Å². The van der Waals surface area contributed by atoms with E-state index in [-0.39, 0.29) is 19.1 Å². The zero-order valence-electron chi connectivity index (χ0n) is 14.5. The van der Waals surface area contributed by atoms with Crippen LogP contribution in [-0.4, -0.2) is 77.6 Å². The highest BCUT2D eigenvalue weighted by Crippen LogP contribution is 2.19. The van der Waals surface area contributed by atoms with Crippen molar-refractivity contribution in [1.29, 1.82) is 0 Å². The second kappa shape index (κ2) is 8.60. The Balaban J connectivity index is 1.67. The fourth-order valence-corrected chi connectivity index (χ4v) is 3.47. The van der Waals surface area contributed by atoms with E-state index in [9.17, 15) is 15.0 Å². The van der Waals surface area contributed by atoms with Crippen molar-refractivity contribution >= 4 is 11.7 Å². The molecule has 2 aliphatic heterocycles. The highest BCUT2D eigenvalue weighted by molar-refractivity contribution is 5.94. The second-order valence-electron chi connectivity index (χ2n) is 6.76. The van der Waals surface area contributed by atoms with E-state index in [1.807, 2.05) is 12.1 Å². The van der Waals surface area contributed by atoms with Gasteiger partial charge in [0.1, 0.15) is 5.82 Å². The molecule has 0 bridgehead atoms. The molecule has 2 fully saturated rings. The van der Waals surface area contributed by atoms with E-state index < -0.39 is 12.2 Å². The van der Waals surface area contributed by atoms with Crippen LogP contribution >= 0.6 is 0 Å². The van der Waals surface area contributed by atoms with Crippen molar-refractivity contribution in [3.63, 3.8) is 0 Å². The zero-order valence-corrected chi connectivity index (χ0v) is 14.5. The quantitative estimate of drug-likeness (QED) is 0.830. The largest absolute Gasteiger partial charge is 0.394 e. The molecule has 0 aromatic carbocycles. The van der Waals surface area contributed by atoms with Gasteiger partial charge in [-0.15, -0.1) is 0 Å². The summed E-state index contributed by atoms with van der Waals surface area (Å²) in [6.07, 6.45) is 5.60. The van der Waals surface area contributed by atoms with E-state index in [0.29, 0.717) is 18.7 Å². The third-order valence-corrected chi connectivity index (χ3v) is 4.85. The normalized spacial score (nSPS) is 24.9. The monoisotopic (exact) mass is 349 g/mol. The number of carbonyl (C=O) groups excluding carboxylic acids is 1. The molecular formula is C18H27N3O4. The lowest BCUT2D eigenvalue weighted by molar-refractivity contribution is -0.108. The third-order valence-electron chi connectivity index (χ3n) is 4.85. The molecule has 0 aliphatic carbocycles. The Morgan fingerprint density at radius 3 is 2.24 bits per heavy atom. The van der Waals surface area contributed by atoms with Gasteiger partial charge in [0.25, 0.3) is 5.91 Å². The molecule has 7 nitrogen and oxygen atoms in total. The van der Waals surface area contributed by atoms with Gasteiger partial charge >= 0.3 is 0 Å². The summed E-state index contributed by atoms with van der Waals surface area (Å²) in [5.74, 6) is 0.775. The second-order valence-corrected chi connectivity index (χ2v) is 6.76. The van der Waals surface area contributed by atoms with Crippen molar-refractivity contribution in [2.45, 2.75) is 37.9 Å². The molecule has 1 amide bonds. The minimum absolute atomic E-state index is 0.143. The van der Waals surface area contributed by atoms with Crippen molar-refractivity contribution in [1.82, 2.24) is 9.88 Å². The first-order valence-electron chi connectivity index (χ1n) is 9.08. The van der Waals surface area contributed by atoms with Gasteiger partial charge in [-0.1, -0.05) is 12.8 Å². The van der Waals surface area contributed by atoms with Crippen LogP contribution in [0.2, 0.25) is 0 Å². The first-order chi connectivity index (χ1) is 12.2. The van der Waals surface area contributed by atoms with Gasteiger partial charge in [-0.2, -0.15) is 0 Å². The average Bonchev–Trinajstić information content (AvgIpc) is 2.96. The summed E-state index contributed by atoms with van der Waals surface area (Å²) < 4.78 is 5.50. The molecule has 7 heteroatoms. The summed E-state index contributed by atoms with van der Waals surface area (Å²) in [5, 5.41) is 18.6. The van der Waals surface area contributed by atoms with E-state index in [2.05, 4.69) is 9.88 Å². The summed E-state index contributed by atoms with van der Waals surface area (Å²) in [6.45, 7) is 2.32. The number of aliphatic hydroxyl groups excluding tert-OH is 2. The van der Waals surface area contributed by atoms with Crippen molar-refractivity contribution in [3.05, 3.63) is 23.9 Å². The van der Waals surface area contributed by atoms with Crippen LogP contribution in [0.25, 0.3) is 0 Å². The number of ether oxygens (including phenoxy) is 1. The van der Waals surface area contributed by atoms with Crippen molar-refractivity contribution in [2.75, 3.05) is 44.3 Å². The predicted molar refractivity (Wildman–Crippen MR) is 93.7 cm³/mol. The number of anilines is 1. The number of pyridine rings is 1. The number of aliphatic hydroxyl groups is 2. The van der Waals surface area contributed by atoms with Crippen LogP contribution in [0.15, 0.2) is 18.3 Å². The van der Waals surface area contributed by atoms with Gasteiger partial charge in [0.2, 0.25) is 0 Å². The molecule has 2 atom stereocenters. The fraction of sp³-hybridized carbons (Fsp3) is 0.667. The van der Waals surface area contributed by atoms with Gasteiger partial charge in [-0.3, -0.25) is 4.79 Å². The van der Waals surface area contributed by atoms with Crippen LogP contribution in [0.4, 0.5) is 5.82 Å². The van der Waals surface area contributed by atoms with Gasteiger partial charge in [-0.25, -0.2) is 4.98 Å². The summed E-state index contributed by atoms with van der Waals surface area (Å²) >= 11 is 0. The molecule has 1 aromatic rings. The number of amides is 1. The van der Waals surface area contributed by atoms with Gasteiger partial charge in [0.05, 0.1) is 31.0 Å². The average molecular weight is 349 g/mol. The SMILES string of the molecule is O=C(c1ccc(N2CCCCCC2)nc1)N1C[C@@H](CO)O[C@@H](CO)C1. The Labute approximate surface area is 148 Å². The molecule has 1 aromatic heterocycles. The van der Waals surface area contributed by atoms with Crippen molar-refractivity contribution < 1.29 is 19.7 Å². The Morgan fingerprint density at radius 1 is 1.08 bits per heavy atom. The topological polar surface area (TPSA) is 86.1 Å². The molecule has 2 N–H and O–H groups in total. The lowest BCUT2D eigenvalue weighted by atomic mass is 10.1. The molecule has 0 saturated carbocycles. The number of nitrogens with zero attached hydrogens (tertiary/aromatic N) is 3. The lowest BCUT2D eigenvalue weighted by Crippen LogP contribution is -2.52. The maximum absolute atomic E-state index is 12.7. The number of aromatic nitrogens is 1. The van der Waals surface area contributed by atoms with Crippen LogP contribution in [0.3, 0.4) is 0 Å². The maximum atomic E-state index is 12.7. The van der Waals surface area contributed by atoms with Crippen LogP contribution < -0.4 is 4.90 Å². The summed E-state index contributed by atoms with van der Waals surface area (Å²) in [5.41, 5.74) is 0.522. The predicted octanol–water partition coefficient (Wildman–Crippen LogP) is 0.656. The van der Waals surface area contributed by atoms with E-state index >= 15 is 0 Å². The van der Waals surface area contributed by atoms with Crippen LogP contribution in [-0.2, 0) is 4.74 Å². The molecule has 0 unspecified atom stereocenters. The van der Waals surface area contributed by atoms with E-state index in [1.165, 1.54) is 25.7 Å². The number of carbonyl (C=O) groups is 1. The Kier molecular flexibility index (Phi) is 6.23. The molecule has 3 rings (SSSR count). The van der Waals surface area contributed by atoms with E-state index in [4.69, 9.17) is 4.74 Å². The molecule has 2 saturated heterocycles. The Morgan fingerprint density at radius 2 is 1.72 bits per heavy atom. The Bertz CT molecular complexity index is 546. The Hall–Kier alpha value is -1.70. The van der Waals surface area contributed by atoms with Gasteiger partial charge < -0.3 is 24.7 Å². The zero-order chi connectivity index (χ0) is 17.6. The minimum Gasteiger partial charge on any atom is -0.394 e. The first-order valence-corrected chi connectivity index (χ1v) is 9.08.